The van der Waals surface area contributed by atoms with Crippen LogP contribution in [0.2, 0.25) is 0 Å². The van der Waals surface area contributed by atoms with Crippen LogP contribution in [0.4, 0.5) is 0 Å². The molecule has 4 aromatic carbocycles. The van der Waals surface area contributed by atoms with Gasteiger partial charge >= 0.3 is 0 Å². The highest BCUT2D eigenvalue weighted by Gasteiger charge is 2.17. The predicted octanol–water partition coefficient (Wildman–Crippen LogP) is 5.81. The van der Waals surface area contributed by atoms with Crippen LogP contribution in [0, 0.1) is 0 Å². The molecule has 1 heterocycles. The van der Waals surface area contributed by atoms with Gasteiger partial charge in [-0.1, -0.05) is 102 Å². The quantitative estimate of drug-likeness (QED) is 0.404. The van der Waals surface area contributed by atoms with Gasteiger partial charge in [-0.3, -0.25) is 0 Å². The number of aromatic nitrogens is 3. The van der Waals surface area contributed by atoms with Gasteiger partial charge in [0.2, 0.25) is 0 Å². The second-order valence-corrected chi connectivity index (χ2v) is 6.86. The minimum absolute atomic E-state index is 0.683. The van der Waals surface area contributed by atoms with Crippen LogP contribution in [0.5, 0.6) is 0 Å². The highest BCUT2D eigenvalue weighted by atomic mass is 15.4. The van der Waals surface area contributed by atoms with Gasteiger partial charge in [-0.2, -0.15) is 0 Å². The maximum Gasteiger partial charge on any atom is 0.121 e. The van der Waals surface area contributed by atoms with Crippen molar-refractivity contribution in [1.82, 2.24) is 15.0 Å². The van der Waals surface area contributed by atoms with Gasteiger partial charge in [-0.25, -0.2) is 4.68 Å². The van der Waals surface area contributed by atoms with Gasteiger partial charge in [0, 0.05) is 11.1 Å². The lowest BCUT2D eigenvalue weighted by Gasteiger charge is -2.10. The summed E-state index contributed by atoms with van der Waals surface area (Å²) in [5.41, 5.74) is 5.35. The van der Waals surface area contributed by atoms with E-state index in [4.69, 9.17) is 0 Å². The molecule has 28 heavy (non-hydrogen) atoms. The van der Waals surface area contributed by atoms with Crippen LogP contribution in [0.3, 0.4) is 0 Å². The molecule has 0 saturated carbocycles. The first kappa shape index (κ1) is 16.5. The van der Waals surface area contributed by atoms with Crippen molar-refractivity contribution in [3.05, 3.63) is 109 Å². The third-order valence-electron chi connectivity index (χ3n) is 4.98. The van der Waals surface area contributed by atoms with E-state index in [1.807, 2.05) is 28.9 Å². The first-order valence-electron chi connectivity index (χ1n) is 9.40. The third kappa shape index (κ3) is 3.08. The van der Waals surface area contributed by atoms with Gasteiger partial charge < -0.3 is 0 Å². The maximum absolute atomic E-state index is 4.55. The molecule has 0 aliphatic carbocycles. The molecule has 0 N–H and O–H groups in total. The number of fused-ring (bicyclic) bond motifs is 1. The molecule has 5 rings (SSSR count). The molecule has 0 fully saturated rings. The summed E-state index contributed by atoms with van der Waals surface area (Å²) in [6.07, 6.45) is 0. The molecule has 0 saturated heterocycles. The van der Waals surface area contributed by atoms with Crippen LogP contribution in [-0.2, 0) is 6.54 Å². The number of rotatable bonds is 4. The van der Waals surface area contributed by atoms with Crippen molar-refractivity contribution in [3.8, 4) is 22.5 Å². The highest BCUT2D eigenvalue weighted by Crippen LogP contribution is 2.32. The maximum atomic E-state index is 4.55. The van der Waals surface area contributed by atoms with Crippen LogP contribution >= 0.6 is 0 Å². The highest BCUT2D eigenvalue weighted by molar-refractivity contribution is 5.89. The number of hydrogen-bond donors (Lipinski definition) is 0. The summed E-state index contributed by atoms with van der Waals surface area (Å²) in [5.74, 6) is 0. The van der Waals surface area contributed by atoms with Crippen LogP contribution in [0.25, 0.3) is 33.3 Å². The molecular weight excluding hydrogens is 342 g/mol. The SMILES string of the molecule is c1ccc(Cn2nnc(-c3ccccc3)c2-c2ccc3ccccc3c2)cc1. The number of nitrogens with zero attached hydrogens (tertiary/aromatic N) is 3. The Kier molecular flexibility index (Phi) is 4.19. The van der Waals surface area contributed by atoms with Gasteiger partial charge in [-0.15, -0.1) is 5.10 Å². The van der Waals surface area contributed by atoms with Crippen molar-refractivity contribution in [2.24, 2.45) is 0 Å². The zero-order valence-corrected chi connectivity index (χ0v) is 15.4. The zero-order valence-electron chi connectivity index (χ0n) is 15.4. The number of hydrogen-bond acceptors (Lipinski definition) is 2. The van der Waals surface area contributed by atoms with E-state index in [-0.39, 0.29) is 0 Å². The molecule has 134 valence electrons. The van der Waals surface area contributed by atoms with Crippen LogP contribution in [0.15, 0.2) is 103 Å². The summed E-state index contributed by atoms with van der Waals surface area (Å²) in [6, 6.07) is 35.6. The van der Waals surface area contributed by atoms with Crippen molar-refractivity contribution in [3.63, 3.8) is 0 Å². The van der Waals surface area contributed by atoms with E-state index in [9.17, 15) is 0 Å². The summed E-state index contributed by atoms with van der Waals surface area (Å²) >= 11 is 0. The molecule has 5 aromatic rings. The zero-order chi connectivity index (χ0) is 18.8. The fourth-order valence-corrected chi connectivity index (χ4v) is 3.59. The lowest BCUT2D eigenvalue weighted by Crippen LogP contribution is -2.04. The average molecular weight is 361 g/mol. The van der Waals surface area contributed by atoms with Gasteiger partial charge in [0.15, 0.2) is 0 Å². The van der Waals surface area contributed by atoms with Gasteiger partial charge in [-0.05, 0) is 22.4 Å². The second-order valence-electron chi connectivity index (χ2n) is 6.86. The summed E-state index contributed by atoms with van der Waals surface area (Å²) in [7, 11) is 0. The van der Waals surface area contributed by atoms with E-state index in [1.165, 1.54) is 16.3 Å². The van der Waals surface area contributed by atoms with E-state index in [1.54, 1.807) is 0 Å². The van der Waals surface area contributed by atoms with Crippen molar-refractivity contribution in [2.45, 2.75) is 6.54 Å². The Hall–Kier alpha value is -3.72. The van der Waals surface area contributed by atoms with E-state index in [0.717, 1.165) is 22.5 Å². The first-order chi connectivity index (χ1) is 13.9. The van der Waals surface area contributed by atoms with Gasteiger partial charge in [0.1, 0.15) is 5.69 Å². The fraction of sp³-hybridized carbons (Fsp3) is 0.0400. The van der Waals surface area contributed by atoms with Gasteiger partial charge in [0.05, 0.1) is 12.2 Å². The molecule has 3 heteroatoms. The van der Waals surface area contributed by atoms with Crippen molar-refractivity contribution >= 4 is 10.8 Å². The molecule has 0 aliphatic heterocycles. The lowest BCUT2D eigenvalue weighted by molar-refractivity contribution is 0.656. The van der Waals surface area contributed by atoms with E-state index < -0.39 is 0 Å². The minimum Gasteiger partial charge on any atom is -0.240 e. The molecule has 0 radical (unpaired) electrons. The Labute approximate surface area is 163 Å². The fourth-order valence-electron chi connectivity index (χ4n) is 3.59. The topological polar surface area (TPSA) is 30.7 Å². The third-order valence-corrected chi connectivity index (χ3v) is 4.98. The van der Waals surface area contributed by atoms with E-state index in [0.29, 0.717) is 6.54 Å². The lowest BCUT2D eigenvalue weighted by atomic mass is 10.0. The van der Waals surface area contributed by atoms with Crippen LogP contribution in [0.1, 0.15) is 5.56 Å². The Balaban J connectivity index is 1.69. The largest absolute Gasteiger partial charge is 0.240 e. The molecule has 0 aliphatic rings. The average Bonchev–Trinajstić information content (AvgIpc) is 3.18. The van der Waals surface area contributed by atoms with E-state index in [2.05, 4.69) is 89.2 Å². The van der Waals surface area contributed by atoms with Crippen LogP contribution in [-0.4, -0.2) is 15.0 Å². The standard InChI is InChI=1S/C25H19N3/c1-3-9-19(10-4-1)18-28-25(24(26-27-28)21-12-5-2-6-13-21)23-16-15-20-11-7-8-14-22(20)17-23/h1-17H,18H2. The summed E-state index contributed by atoms with van der Waals surface area (Å²) in [4.78, 5) is 0. The Morgan fingerprint density at radius 1 is 0.607 bits per heavy atom. The number of benzene rings is 4. The van der Waals surface area contributed by atoms with Crippen molar-refractivity contribution in [1.29, 1.82) is 0 Å². The molecule has 0 unspecified atom stereocenters. The first-order valence-corrected chi connectivity index (χ1v) is 9.40. The van der Waals surface area contributed by atoms with Gasteiger partial charge in [0.25, 0.3) is 0 Å². The molecule has 0 atom stereocenters. The molecule has 0 amide bonds. The van der Waals surface area contributed by atoms with Crippen molar-refractivity contribution in [2.75, 3.05) is 0 Å². The Morgan fingerprint density at radius 2 is 1.29 bits per heavy atom. The van der Waals surface area contributed by atoms with E-state index >= 15 is 0 Å². The Bertz CT molecular complexity index is 1220. The van der Waals surface area contributed by atoms with Crippen LogP contribution < -0.4 is 0 Å². The summed E-state index contributed by atoms with van der Waals surface area (Å²) in [6.45, 7) is 0.683. The predicted molar refractivity (Wildman–Crippen MR) is 114 cm³/mol. The summed E-state index contributed by atoms with van der Waals surface area (Å²) in [5, 5.41) is 11.5. The normalized spacial score (nSPS) is 11.0. The monoisotopic (exact) mass is 361 g/mol. The smallest absolute Gasteiger partial charge is 0.121 e. The summed E-state index contributed by atoms with van der Waals surface area (Å²) < 4.78 is 2.00. The van der Waals surface area contributed by atoms with Crippen molar-refractivity contribution < 1.29 is 0 Å². The minimum atomic E-state index is 0.683. The molecule has 0 bridgehead atoms. The molecular formula is C25H19N3. The molecule has 3 nitrogen and oxygen atoms in total. The molecule has 0 spiro atoms. The second kappa shape index (κ2) is 7.12. The Morgan fingerprint density at radius 3 is 2.07 bits per heavy atom. The molecule has 1 aromatic heterocycles.